The predicted molar refractivity (Wildman–Crippen MR) is 76.8 cm³/mol. The van der Waals surface area contributed by atoms with E-state index in [0.717, 1.165) is 31.8 Å². The van der Waals surface area contributed by atoms with Crippen molar-refractivity contribution in [3.63, 3.8) is 0 Å². The maximum atomic E-state index is 5.39. The highest BCUT2D eigenvalue weighted by molar-refractivity contribution is 5.40. The second-order valence-electron chi connectivity index (χ2n) is 4.38. The van der Waals surface area contributed by atoms with Crippen LogP contribution in [0.5, 0.6) is 0 Å². The van der Waals surface area contributed by atoms with Crippen molar-refractivity contribution in [3.05, 3.63) is 12.3 Å². The highest BCUT2D eigenvalue weighted by Crippen LogP contribution is 2.07. The van der Waals surface area contributed by atoms with Gasteiger partial charge in [0.1, 0.15) is 5.82 Å². The molecule has 6 nitrogen and oxygen atoms in total. The zero-order chi connectivity index (χ0) is 13.9. The van der Waals surface area contributed by atoms with Crippen LogP contribution in [0.2, 0.25) is 0 Å². The third kappa shape index (κ3) is 6.93. The first-order chi connectivity index (χ1) is 9.24. The molecule has 1 N–H and O–H groups in total. The largest absolute Gasteiger partial charge is 0.382 e. The number of unbranched alkanes of at least 4 members (excludes halogenated alkanes) is 1. The summed E-state index contributed by atoms with van der Waals surface area (Å²) in [5.41, 5.74) is 0. The number of hydrogen-bond acceptors (Lipinski definition) is 6. The molecule has 1 rings (SSSR count). The van der Waals surface area contributed by atoms with Crippen LogP contribution in [0.4, 0.5) is 11.8 Å². The molecule has 0 saturated carbocycles. The Bertz CT molecular complexity index is 347. The van der Waals surface area contributed by atoms with Crippen molar-refractivity contribution < 1.29 is 9.47 Å². The van der Waals surface area contributed by atoms with Crippen LogP contribution in [-0.4, -0.2) is 57.5 Å². The van der Waals surface area contributed by atoms with E-state index >= 15 is 0 Å². The normalized spacial score (nSPS) is 10.5. The molecule has 0 radical (unpaired) electrons. The Labute approximate surface area is 115 Å². The molecule has 0 aliphatic rings. The SMILES string of the molecule is COCCOCCCCNc1ccnc(N(C)C)n1. The van der Waals surface area contributed by atoms with Crippen LogP contribution in [-0.2, 0) is 9.47 Å². The summed E-state index contributed by atoms with van der Waals surface area (Å²) in [5.74, 6) is 1.58. The van der Waals surface area contributed by atoms with Crippen LogP contribution in [0.3, 0.4) is 0 Å². The van der Waals surface area contributed by atoms with Crippen molar-refractivity contribution in [1.82, 2.24) is 9.97 Å². The molecule has 0 fully saturated rings. The molecule has 1 heterocycles. The second kappa shape index (κ2) is 9.52. The van der Waals surface area contributed by atoms with Gasteiger partial charge in [0.25, 0.3) is 0 Å². The van der Waals surface area contributed by atoms with E-state index in [1.165, 1.54) is 0 Å². The van der Waals surface area contributed by atoms with Crippen LogP contribution in [0.25, 0.3) is 0 Å². The van der Waals surface area contributed by atoms with Crippen molar-refractivity contribution in [3.8, 4) is 0 Å². The predicted octanol–water partition coefficient (Wildman–Crippen LogP) is 1.40. The first-order valence-electron chi connectivity index (χ1n) is 6.55. The molecule has 1 aromatic rings. The van der Waals surface area contributed by atoms with Gasteiger partial charge in [-0.1, -0.05) is 0 Å². The van der Waals surface area contributed by atoms with E-state index in [2.05, 4.69) is 15.3 Å². The molecular weight excluding hydrogens is 244 g/mol. The average Bonchev–Trinajstić information content (AvgIpc) is 2.42. The van der Waals surface area contributed by atoms with Gasteiger partial charge in [0.15, 0.2) is 0 Å². The van der Waals surface area contributed by atoms with Crippen LogP contribution in [0.15, 0.2) is 12.3 Å². The number of ether oxygens (including phenoxy) is 2. The smallest absolute Gasteiger partial charge is 0.226 e. The molecule has 0 unspecified atom stereocenters. The summed E-state index contributed by atoms with van der Waals surface area (Å²) in [6, 6.07) is 1.88. The molecule has 6 heteroatoms. The maximum absolute atomic E-state index is 5.39. The van der Waals surface area contributed by atoms with Gasteiger partial charge in [0, 0.05) is 40.6 Å². The van der Waals surface area contributed by atoms with Crippen molar-refractivity contribution in [2.24, 2.45) is 0 Å². The summed E-state index contributed by atoms with van der Waals surface area (Å²) >= 11 is 0. The summed E-state index contributed by atoms with van der Waals surface area (Å²) in [6.07, 6.45) is 3.84. The number of rotatable bonds is 10. The quantitative estimate of drug-likeness (QED) is 0.647. The lowest BCUT2D eigenvalue weighted by atomic mass is 10.3. The zero-order valence-corrected chi connectivity index (χ0v) is 12.1. The summed E-state index contributed by atoms with van der Waals surface area (Å²) in [4.78, 5) is 10.4. The van der Waals surface area contributed by atoms with E-state index < -0.39 is 0 Å². The van der Waals surface area contributed by atoms with Gasteiger partial charge >= 0.3 is 0 Å². The number of methoxy groups -OCH3 is 1. The molecule has 19 heavy (non-hydrogen) atoms. The van der Waals surface area contributed by atoms with Crippen LogP contribution >= 0.6 is 0 Å². The van der Waals surface area contributed by atoms with Gasteiger partial charge in [-0.05, 0) is 18.9 Å². The van der Waals surface area contributed by atoms with Crippen molar-refractivity contribution in [2.45, 2.75) is 12.8 Å². The number of nitrogens with one attached hydrogen (secondary N) is 1. The number of hydrogen-bond donors (Lipinski definition) is 1. The third-order valence-electron chi connectivity index (χ3n) is 2.50. The van der Waals surface area contributed by atoms with E-state index in [1.54, 1.807) is 13.3 Å². The Kier molecular flexibility index (Phi) is 7.84. The zero-order valence-electron chi connectivity index (χ0n) is 12.1. The molecule has 0 bridgehead atoms. The molecule has 0 saturated heterocycles. The lowest BCUT2D eigenvalue weighted by molar-refractivity contribution is 0.0691. The van der Waals surface area contributed by atoms with Gasteiger partial charge in [0.2, 0.25) is 5.95 Å². The average molecular weight is 268 g/mol. The fourth-order valence-electron chi connectivity index (χ4n) is 1.45. The molecular formula is C13H24N4O2. The molecule has 0 amide bonds. The van der Waals surface area contributed by atoms with Crippen molar-refractivity contribution in [2.75, 3.05) is 57.8 Å². The minimum absolute atomic E-state index is 0.659. The molecule has 0 spiro atoms. The van der Waals surface area contributed by atoms with E-state index in [0.29, 0.717) is 19.2 Å². The van der Waals surface area contributed by atoms with E-state index in [1.807, 2.05) is 25.1 Å². The van der Waals surface area contributed by atoms with Gasteiger partial charge in [-0.25, -0.2) is 4.98 Å². The van der Waals surface area contributed by atoms with Crippen LogP contribution in [0, 0.1) is 0 Å². The molecule has 1 aromatic heterocycles. The topological polar surface area (TPSA) is 59.5 Å². The molecule has 0 aliphatic carbocycles. The monoisotopic (exact) mass is 268 g/mol. The highest BCUT2D eigenvalue weighted by atomic mass is 16.5. The fourth-order valence-corrected chi connectivity index (χ4v) is 1.45. The summed E-state index contributed by atoms with van der Waals surface area (Å²) in [5, 5.41) is 3.28. The fraction of sp³-hybridized carbons (Fsp3) is 0.692. The standard InChI is InChI=1S/C13H24N4O2/c1-17(2)13-15-8-6-12(16-13)14-7-4-5-9-19-11-10-18-3/h6,8H,4-5,7,9-11H2,1-3H3,(H,14,15,16). The summed E-state index contributed by atoms with van der Waals surface area (Å²) in [7, 11) is 5.53. The Balaban J connectivity index is 2.10. The Morgan fingerprint density at radius 2 is 2.05 bits per heavy atom. The molecule has 0 atom stereocenters. The van der Waals surface area contributed by atoms with E-state index in [9.17, 15) is 0 Å². The molecule has 108 valence electrons. The van der Waals surface area contributed by atoms with Gasteiger partial charge in [-0.15, -0.1) is 0 Å². The third-order valence-corrected chi connectivity index (χ3v) is 2.50. The number of aromatic nitrogens is 2. The Morgan fingerprint density at radius 3 is 2.79 bits per heavy atom. The van der Waals surface area contributed by atoms with Crippen molar-refractivity contribution in [1.29, 1.82) is 0 Å². The van der Waals surface area contributed by atoms with Gasteiger partial charge in [0.05, 0.1) is 13.2 Å². The van der Waals surface area contributed by atoms with E-state index in [4.69, 9.17) is 9.47 Å². The second-order valence-corrected chi connectivity index (χ2v) is 4.38. The van der Waals surface area contributed by atoms with Crippen LogP contribution < -0.4 is 10.2 Å². The minimum Gasteiger partial charge on any atom is -0.382 e. The van der Waals surface area contributed by atoms with Crippen molar-refractivity contribution >= 4 is 11.8 Å². The molecule has 0 aliphatic heterocycles. The van der Waals surface area contributed by atoms with E-state index in [-0.39, 0.29) is 0 Å². The number of anilines is 2. The van der Waals surface area contributed by atoms with Crippen LogP contribution in [0.1, 0.15) is 12.8 Å². The lowest BCUT2D eigenvalue weighted by Gasteiger charge is -2.11. The van der Waals surface area contributed by atoms with Gasteiger partial charge in [-0.2, -0.15) is 4.98 Å². The Morgan fingerprint density at radius 1 is 1.21 bits per heavy atom. The maximum Gasteiger partial charge on any atom is 0.226 e. The highest BCUT2D eigenvalue weighted by Gasteiger charge is 2.00. The summed E-state index contributed by atoms with van der Waals surface area (Å²) < 4.78 is 10.3. The van der Waals surface area contributed by atoms with Gasteiger partial charge in [-0.3, -0.25) is 0 Å². The minimum atomic E-state index is 0.659. The molecule has 0 aromatic carbocycles. The number of nitrogens with zero attached hydrogens (tertiary/aromatic N) is 3. The van der Waals surface area contributed by atoms with Gasteiger partial charge < -0.3 is 19.7 Å². The lowest BCUT2D eigenvalue weighted by Crippen LogP contribution is -2.14. The Hall–Kier alpha value is -1.40. The summed E-state index contributed by atoms with van der Waals surface area (Å²) in [6.45, 7) is 2.99. The first kappa shape index (κ1) is 15.7. The first-order valence-corrected chi connectivity index (χ1v) is 6.55.